The van der Waals surface area contributed by atoms with Gasteiger partial charge in [0.05, 0.1) is 6.54 Å². The number of furan rings is 1. The Kier molecular flexibility index (Phi) is 3.04. The molecule has 5 heteroatoms. The van der Waals surface area contributed by atoms with Gasteiger partial charge < -0.3 is 8.98 Å². The molecule has 5 nitrogen and oxygen atoms in total. The number of para-hydroxylation sites is 1. The van der Waals surface area contributed by atoms with E-state index >= 15 is 0 Å². The van der Waals surface area contributed by atoms with Crippen molar-refractivity contribution in [1.82, 2.24) is 9.99 Å². The summed E-state index contributed by atoms with van der Waals surface area (Å²) in [5.74, 6) is 5.65. The minimum Gasteiger partial charge on any atom is -0.456 e. The first-order valence-electron chi connectivity index (χ1n) is 6.33. The Labute approximate surface area is 115 Å². The Hall–Kier alpha value is -2.53. The van der Waals surface area contributed by atoms with E-state index in [1.807, 2.05) is 25.3 Å². The third-order valence-electron chi connectivity index (χ3n) is 3.40. The van der Waals surface area contributed by atoms with Gasteiger partial charge in [0.2, 0.25) is 0 Å². The first-order valence-corrected chi connectivity index (χ1v) is 6.33. The molecule has 0 spiro atoms. The van der Waals surface area contributed by atoms with Crippen molar-refractivity contribution in [3.63, 3.8) is 0 Å². The summed E-state index contributed by atoms with van der Waals surface area (Å²) in [5.41, 5.74) is 4.18. The fourth-order valence-corrected chi connectivity index (χ4v) is 2.32. The summed E-state index contributed by atoms with van der Waals surface area (Å²) >= 11 is 0. The molecule has 0 atom stereocenters. The van der Waals surface area contributed by atoms with Crippen molar-refractivity contribution in [2.24, 2.45) is 5.84 Å². The second-order valence-electron chi connectivity index (χ2n) is 4.67. The Morgan fingerprint density at radius 3 is 2.95 bits per heavy atom. The number of hydrazine groups is 1. The van der Waals surface area contributed by atoms with E-state index in [1.165, 1.54) is 5.39 Å². The molecule has 0 aliphatic rings. The van der Waals surface area contributed by atoms with Gasteiger partial charge in [0.25, 0.3) is 0 Å². The van der Waals surface area contributed by atoms with E-state index in [4.69, 9.17) is 10.3 Å². The molecule has 0 unspecified atom stereocenters. The Balaban J connectivity index is 1.95. The number of nitrogens with two attached hydrogens (primary N) is 1. The summed E-state index contributed by atoms with van der Waals surface area (Å²) in [4.78, 5) is 11.5. The summed E-state index contributed by atoms with van der Waals surface area (Å²) in [7, 11) is 0. The highest BCUT2D eigenvalue weighted by Gasteiger charge is 2.14. The molecular formula is C15H15N3O2. The molecule has 0 bridgehead atoms. The number of nitrogen functional groups attached to an aromatic ring is 1. The van der Waals surface area contributed by atoms with Crippen molar-refractivity contribution in [1.29, 1.82) is 0 Å². The molecule has 2 heterocycles. The smallest absolute Gasteiger partial charge is 0.300 e. The molecule has 3 aromatic rings. The second-order valence-corrected chi connectivity index (χ2v) is 4.67. The van der Waals surface area contributed by atoms with Crippen molar-refractivity contribution >= 4 is 16.8 Å². The lowest BCUT2D eigenvalue weighted by atomic mass is 10.2. The van der Waals surface area contributed by atoms with Crippen LogP contribution in [0.4, 0.5) is 0 Å². The molecule has 0 radical (unpaired) electrons. The molecule has 0 saturated carbocycles. The van der Waals surface area contributed by atoms with E-state index in [-0.39, 0.29) is 5.76 Å². The number of aryl methyl sites for hydroxylation is 1. The fraction of sp³-hybridized carbons (Fsp3) is 0.133. The average Bonchev–Trinajstić information content (AvgIpc) is 3.04. The van der Waals surface area contributed by atoms with Crippen molar-refractivity contribution < 1.29 is 9.21 Å². The lowest BCUT2D eigenvalue weighted by Gasteiger charge is -2.03. The predicted octanol–water partition coefficient (Wildman–Crippen LogP) is 2.19. The number of nitrogens with one attached hydrogen (secondary N) is 1. The molecule has 0 aliphatic carbocycles. The Morgan fingerprint density at radius 2 is 2.15 bits per heavy atom. The zero-order chi connectivity index (χ0) is 14.1. The molecule has 1 aromatic carbocycles. The van der Waals surface area contributed by atoms with Gasteiger partial charge >= 0.3 is 5.91 Å². The van der Waals surface area contributed by atoms with Crippen LogP contribution < -0.4 is 11.3 Å². The topological polar surface area (TPSA) is 73.2 Å². The van der Waals surface area contributed by atoms with Crippen molar-refractivity contribution in [3.8, 4) is 0 Å². The number of hydrogen-bond acceptors (Lipinski definition) is 3. The van der Waals surface area contributed by atoms with Gasteiger partial charge in [0.15, 0.2) is 5.76 Å². The molecule has 3 N–H and O–H groups in total. The molecule has 102 valence electrons. The monoisotopic (exact) mass is 269 g/mol. The number of fused-ring (bicyclic) bond motifs is 1. The normalized spacial score (nSPS) is 10.9. The lowest BCUT2D eigenvalue weighted by Crippen LogP contribution is -2.29. The van der Waals surface area contributed by atoms with Gasteiger partial charge in [0, 0.05) is 17.3 Å². The van der Waals surface area contributed by atoms with E-state index in [9.17, 15) is 4.79 Å². The molecule has 1 amide bonds. The van der Waals surface area contributed by atoms with Gasteiger partial charge in [-0.1, -0.05) is 18.2 Å². The number of aromatic nitrogens is 1. The first kappa shape index (κ1) is 12.5. The van der Waals surface area contributed by atoms with Crippen LogP contribution in [0.25, 0.3) is 10.9 Å². The maximum absolute atomic E-state index is 11.5. The van der Waals surface area contributed by atoms with E-state index in [1.54, 1.807) is 6.07 Å². The quantitative estimate of drug-likeness (QED) is 0.435. The van der Waals surface area contributed by atoms with Crippen LogP contribution in [0.3, 0.4) is 0 Å². The highest BCUT2D eigenvalue weighted by Crippen LogP contribution is 2.20. The molecule has 20 heavy (non-hydrogen) atoms. The molecule has 0 fully saturated rings. The molecule has 0 saturated heterocycles. The standard InChI is InChI=1S/C15H15N3O2/c1-10-12(8-14(20-10)15(19)17-16)9-18-7-6-11-4-2-3-5-13(11)18/h2-8H,9,16H2,1H3,(H,17,19). The average molecular weight is 269 g/mol. The molecule has 2 aromatic heterocycles. The fourth-order valence-electron chi connectivity index (χ4n) is 2.32. The van der Waals surface area contributed by atoms with Crippen LogP contribution in [0.15, 0.2) is 47.0 Å². The van der Waals surface area contributed by atoms with E-state index in [0.29, 0.717) is 6.54 Å². The molecule has 0 aliphatic heterocycles. The lowest BCUT2D eigenvalue weighted by molar-refractivity contribution is 0.0924. The van der Waals surface area contributed by atoms with E-state index < -0.39 is 5.91 Å². The zero-order valence-corrected chi connectivity index (χ0v) is 11.1. The van der Waals surface area contributed by atoms with Gasteiger partial charge in [0.1, 0.15) is 5.76 Å². The zero-order valence-electron chi connectivity index (χ0n) is 11.1. The number of rotatable bonds is 3. The number of carbonyl (C=O) groups is 1. The number of nitrogens with zero attached hydrogens (tertiary/aromatic N) is 1. The third-order valence-corrected chi connectivity index (χ3v) is 3.40. The van der Waals surface area contributed by atoms with Gasteiger partial charge in [-0.2, -0.15) is 0 Å². The van der Waals surface area contributed by atoms with Gasteiger partial charge in [-0.15, -0.1) is 0 Å². The first-order chi connectivity index (χ1) is 9.69. The number of hydrogen-bond donors (Lipinski definition) is 2. The second kappa shape index (κ2) is 4.86. The van der Waals surface area contributed by atoms with Crippen molar-refractivity contribution in [2.75, 3.05) is 0 Å². The summed E-state index contributed by atoms with van der Waals surface area (Å²) < 4.78 is 7.55. The van der Waals surface area contributed by atoms with E-state index in [2.05, 4.69) is 28.2 Å². The van der Waals surface area contributed by atoms with Crippen LogP contribution in [-0.4, -0.2) is 10.5 Å². The maximum atomic E-state index is 11.5. The Bertz CT molecular complexity index is 770. The largest absolute Gasteiger partial charge is 0.456 e. The number of amides is 1. The van der Waals surface area contributed by atoms with Crippen LogP contribution in [0, 0.1) is 6.92 Å². The van der Waals surface area contributed by atoms with Gasteiger partial charge in [-0.25, -0.2) is 5.84 Å². The van der Waals surface area contributed by atoms with Gasteiger partial charge in [-0.3, -0.25) is 10.2 Å². The van der Waals surface area contributed by atoms with Crippen molar-refractivity contribution in [2.45, 2.75) is 13.5 Å². The van der Waals surface area contributed by atoms with Crippen LogP contribution in [0.5, 0.6) is 0 Å². The molecule has 3 rings (SSSR count). The van der Waals surface area contributed by atoms with Crippen molar-refractivity contribution in [3.05, 3.63) is 59.7 Å². The predicted molar refractivity (Wildman–Crippen MR) is 76.1 cm³/mol. The summed E-state index contributed by atoms with van der Waals surface area (Å²) in [6.45, 7) is 2.50. The summed E-state index contributed by atoms with van der Waals surface area (Å²) in [6, 6.07) is 12.0. The minimum atomic E-state index is -0.420. The van der Waals surface area contributed by atoms with E-state index in [0.717, 1.165) is 16.8 Å². The van der Waals surface area contributed by atoms with Crippen LogP contribution >= 0.6 is 0 Å². The summed E-state index contributed by atoms with van der Waals surface area (Å²) in [6.07, 6.45) is 2.03. The molecular weight excluding hydrogens is 254 g/mol. The third kappa shape index (κ3) is 2.08. The SMILES string of the molecule is Cc1oc(C(=O)NN)cc1Cn1ccc2ccccc21. The Morgan fingerprint density at radius 1 is 1.35 bits per heavy atom. The number of carbonyl (C=O) groups excluding carboxylic acids is 1. The minimum absolute atomic E-state index is 0.233. The maximum Gasteiger partial charge on any atom is 0.300 e. The highest BCUT2D eigenvalue weighted by atomic mass is 16.4. The van der Waals surface area contributed by atoms with Crippen LogP contribution in [0.2, 0.25) is 0 Å². The van der Waals surface area contributed by atoms with Crippen LogP contribution in [0.1, 0.15) is 21.9 Å². The summed E-state index contributed by atoms with van der Waals surface area (Å²) in [5, 5.41) is 1.19. The highest BCUT2D eigenvalue weighted by molar-refractivity contribution is 5.91. The van der Waals surface area contributed by atoms with Crippen LogP contribution in [-0.2, 0) is 6.54 Å². The number of benzene rings is 1. The van der Waals surface area contributed by atoms with Gasteiger partial charge in [-0.05, 0) is 30.5 Å².